The molecule has 0 bridgehead atoms. The normalized spacial score (nSPS) is 10.2. The van der Waals surface area contributed by atoms with E-state index in [2.05, 4.69) is 9.97 Å². The van der Waals surface area contributed by atoms with Crippen molar-refractivity contribution in [3.8, 4) is 10.4 Å². The van der Waals surface area contributed by atoms with Crippen LogP contribution in [0.25, 0.3) is 10.4 Å². The fourth-order valence-electron chi connectivity index (χ4n) is 1.15. The highest BCUT2D eigenvalue weighted by Crippen LogP contribution is 2.26. The number of aromatic nitrogens is 2. The van der Waals surface area contributed by atoms with Gasteiger partial charge in [-0.2, -0.15) is 4.39 Å². The molecule has 0 aliphatic rings. The second kappa shape index (κ2) is 3.74. The van der Waals surface area contributed by atoms with Crippen molar-refractivity contribution in [2.75, 3.05) is 0 Å². The molecule has 0 amide bonds. The Morgan fingerprint density at radius 3 is 2.87 bits per heavy atom. The molecule has 0 radical (unpaired) electrons. The van der Waals surface area contributed by atoms with Crippen molar-refractivity contribution in [1.82, 2.24) is 9.97 Å². The van der Waals surface area contributed by atoms with Gasteiger partial charge in [0.15, 0.2) is 0 Å². The van der Waals surface area contributed by atoms with Crippen molar-refractivity contribution in [1.29, 1.82) is 0 Å². The molecular weight excluding hydrogens is 219 g/mol. The maximum Gasteiger partial charge on any atom is 0.336 e. The first-order valence-corrected chi connectivity index (χ1v) is 4.84. The number of halogens is 1. The number of nitrogens with zero attached hydrogens (tertiary/aromatic N) is 2. The van der Waals surface area contributed by atoms with Gasteiger partial charge in [0.1, 0.15) is 0 Å². The molecule has 0 aromatic carbocycles. The minimum Gasteiger partial charge on any atom is -0.478 e. The highest BCUT2D eigenvalue weighted by molar-refractivity contribution is 7.13. The van der Waals surface area contributed by atoms with Crippen LogP contribution in [0, 0.1) is 5.95 Å². The summed E-state index contributed by atoms with van der Waals surface area (Å²) in [4.78, 5) is 18.8. The lowest BCUT2D eigenvalue weighted by Crippen LogP contribution is -2.01. The summed E-state index contributed by atoms with van der Waals surface area (Å²) in [7, 11) is 0. The van der Waals surface area contributed by atoms with Crippen LogP contribution in [0.2, 0.25) is 0 Å². The van der Waals surface area contributed by atoms with Crippen LogP contribution in [0.1, 0.15) is 10.4 Å². The van der Waals surface area contributed by atoms with Crippen LogP contribution in [0.4, 0.5) is 4.39 Å². The molecule has 76 valence electrons. The van der Waals surface area contributed by atoms with Crippen molar-refractivity contribution in [2.24, 2.45) is 0 Å². The average molecular weight is 224 g/mol. The predicted molar refractivity (Wildman–Crippen MR) is 52.3 cm³/mol. The van der Waals surface area contributed by atoms with E-state index in [0.717, 1.165) is 6.07 Å². The number of pyridine rings is 1. The second-order valence-corrected chi connectivity index (χ2v) is 3.61. The number of rotatable bonds is 2. The van der Waals surface area contributed by atoms with Gasteiger partial charge in [0.05, 0.1) is 16.0 Å². The topological polar surface area (TPSA) is 63.1 Å². The number of hydrogen-bond donors (Lipinski definition) is 1. The van der Waals surface area contributed by atoms with Crippen molar-refractivity contribution in [3.05, 3.63) is 35.5 Å². The van der Waals surface area contributed by atoms with Crippen LogP contribution < -0.4 is 0 Å². The molecule has 0 aliphatic carbocycles. The van der Waals surface area contributed by atoms with E-state index in [1.54, 1.807) is 5.51 Å². The molecule has 15 heavy (non-hydrogen) atoms. The summed E-state index contributed by atoms with van der Waals surface area (Å²) in [5.41, 5.74) is 1.85. The van der Waals surface area contributed by atoms with E-state index in [9.17, 15) is 9.18 Å². The minimum atomic E-state index is -1.18. The lowest BCUT2D eigenvalue weighted by Gasteiger charge is -2.01. The lowest BCUT2D eigenvalue weighted by molar-refractivity contribution is 0.0697. The molecule has 0 fully saturated rings. The molecule has 4 nitrogen and oxygen atoms in total. The maximum atomic E-state index is 12.8. The standard InChI is InChI=1S/C9H5FN2O2S/c10-8-1-5(9(13)14)6(2-12-8)7-3-11-4-15-7/h1-4H,(H,13,14). The maximum absolute atomic E-state index is 12.8. The van der Waals surface area contributed by atoms with E-state index in [-0.39, 0.29) is 5.56 Å². The van der Waals surface area contributed by atoms with Crippen LogP contribution in [0.5, 0.6) is 0 Å². The van der Waals surface area contributed by atoms with E-state index in [1.807, 2.05) is 0 Å². The zero-order chi connectivity index (χ0) is 10.8. The van der Waals surface area contributed by atoms with Gasteiger partial charge in [0.25, 0.3) is 0 Å². The van der Waals surface area contributed by atoms with Crippen molar-refractivity contribution in [2.45, 2.75) is 0 Å². The molecule has 0 saturated carbocycles. The summed E-state index contributed by atoms with van der Waals surface area (Å²) in [6.07, 6.45) is 2.72. The van der Waals surface area contributed by atoms with Crippen LogP contribution in [0.15, 0.2) is 24.0 Å². The zero-order valence-electron chi connectivity index (χ0n) is 7.35. The van der Waals surface area contributed by atoms with Gasteiger partial charge in [-0.25, -0.2) is 9.78 Å². The summed E-state index contributed by atoms with van der Waals surface area (Å²) >= 11 is 1.28. The van der Waals surface area contributed by atoms with Crippen LogP contribution in [-0.4, -0.2) is 21.0 Å². The van der Waals surface area contributed by atoms with Gasteiger partial charge in [-0.1, -0.05) is 0 Å². The predicted octanol–water partition coefficient (Wildman–Crippen LogP) is 2.04. The Balaban J connectivity index is 2.61. The molecule has 0 unspecified atom stereocenters. The smallest absolute Gasteiger partial charge is 0.336 e. The fourth-order valence-corrected chi connectivity index (χ4v) is 1.80. The molecule has 2 aromatic rings. The number of hydrogen-bond acceptors (Lipinski definition) is 4. The lowest BCUT2D eigenvalue weighted by atomic mass is 10.1. The number of carboxylic acid groups (broad SMARTS) is 1. The van der Waals surface area contributed by atoms with Crippen molar-refractivity contribution in [3.63, 3.8) is 0 Å². The van der Waals surface area contributed by atoms with Crippen molar-refractivity contribution >= 4 is 17.3 Å². The summed E-state index contributed by atoms with van der Waals surface area (Å²) in [5, 5.41) is 8.88. The Kier molecular flexibility index (Phi) is 2.42. The summed E-state index contributed by atoms with van der Waals surface area (Å²) < 4.78 is 12.8. The van der Waals surface area contributed by atoms with Gasteiger partial charge in [-0.3, -0.25) is 4.98 Å². The van der Waals surface area contributed by atoms with E-state index < -0.39 is 11.9 Å². The van der Waals surface area contributed by atoms with Gasteiger partial charge in [-0.15, -0.1) is 11.3 Å². The number of thiazole rings is 1. The monoisotopic (exact) mass is 224 g/mol. The van der Waals surface area contributed by atoms with Gasteiger partial charge in [0, 0.05) is 24.0 Å². The fraction of sp³-hybridized carbons (Fsp3) is 0. The van der Waals surface area contributed by atoms with Crippen LogP contribution in [0.3, 0.4) is 0 Å². The van der Waals surface area contributed by atoms with Gasteiger partial charge >= 0.3 is 5.97 Å². The van der Waals surface area contributed by atoms with E-state index in [1.165, 1.54) is 23.7 Å². The van der Waals surface area contributed by atoms with Gasteiger partial charge in [0.2, 0.25) is 5.95 Å². The summed E-state index contributed by atoms with van der Waals surface area (Å²) in [6, 6.07) is 0.900. The molecule has 0 saturated heterocycles. The number of carbonyl (C=O) groups is 1. The molecule has 0 spiro atoms. The summed E-state index contributed by atoms with van der Waals surface area (Å²) in [6.45, 7) is 0. The minimum absolute atomic E-state index is 0.105. The molecule has 2 rings (SSSR count). The third-order valence-electron chi connectivity index (χ3n) is 1.80. The first-order chi connectivity index (χ1) is 7.18. The van der Waals surface area contributed by atoms with E-state index in [4.69, 9.17) is 5.11 Å². The first-order valence-electron chi connectivity index (χ1n) is 3.96. The van der Waals surface area contributed by atoms with E-state index >= 15 is 0 Å². The highest BCUT2D eigenvalue weighted by atomic mass is 32.1. The highest BCUT2D eigenvalue weighted by Gasteiger charge is 2.14. The third-order valence-corrected chi connectivity index (χ3v) is 2.61. The van der Waals surface area contributed by atoms with E-state index in [0.29, 0.717) is 10.4 Å². The van der Waals surface area contributed by atoms with Crippen LogP contribution in [-0.2, 0) is 0 Å². The van der Waals surface area contributed by atoms with Gasteiger partial charge < -0.3 is 5.11 Å². The molecule has 0 atom stereocenters. The SMILES string of the molecule is O=C(O)c1cc(F)ncc1-c1cncs1. The molecule has 1 N–H and O–H groups in total. The third kappa shape index (κ3) is 1.84. The van der Waals surface area contributed by atoms with Gasteiger partial charge in [-0.05, 0) is 0 Å². The quantitative estimate of drug-likeness (QED) is 0.793. The summed E-state index contributed by atoms with van der Waals surface area (Å²) in [5.74, 6) is -1.99. The number of aromatic carboxylic acids is 1. The Morgan fingerprint density at radius 1 is 1.47 bits per heavy atom. The molecular formula is C9H5FN2O2S. The Bertz CT molecular complexity index is 499. The Morgan fingerprint density at radius 2 is 2.27 bits per heavy atom. The zero-order valence-corrected chi connectivity index (χ0v) is 8.16. The van der Waals surface area contributed by atoms with Crippen molar-refractivity contribution < 1.29 is 14.3 Å². The molecule has 2 aromatic heterocycles. The largest absolute Gasteiger partial charge is 0.478 e. The Labute approximate surface area is 88.1 Å². The van der Waals surface area contributed by atoms with Crippen LogP contribution >= 0.6 is 11.3 Å². The average Bonchev–Trinajstić information content (AvgIpc) is 2.70. The number of carboxylic acids is 1. The molecule has 6 heteroatoms. The molecule has 2 heterocycles. The Hall–Kier alpha value is -1.82. The first kappa shape index (κ1) is 9.72. The molecule has 0 aliphatic heterocycles. The second-order valence-electron chi connectivity index (χ2n) is 2.72.